The Morgan fingerprint density at radius 2 is 2.04 bits per heavy atom. The lowest BCUT2D eigenvalue weighted by Crippen LogP contribution is -2.40. The van der Waals surface area contributed by atoms with E-state index in [9.17, 15) is 0 Å². The molecule has 1 aliphatic heterocycles. The van der Waals surface area contributed by atoms with Crippen LogP contribution in [0.2, 0.25) is 0 Å². The first kappa shape index (κ1) is 22.7. The zero-order valence-electron chi connectivity index (χ0n) is 17.4. The molecule has 1 aliphatic rings. The number of benzene rings is 1. The lowest BCUT2D eigenvalue weighted by atomic mass is 10.0. The Labute approximate surface area is 186 Å². The molecular weight excluding hydrogens is 463 g/mol. The Kier molecular flexibility index (Phi) is 8.75. The van der Waals surface area contributed by atoms with E-state index in [2.05, 4.69) is 71.7 Å². The van der Waals surface area contributed by atoms with Gasteiger partial charge in [0, 0.05) is 45.3 Å². The predicted octanol–water partition coefficient (Wildman–Crippen LogP) is 3.05. The number of guanidine groups is 1. The maximum Gasteiger partial charge on any atom is 0.194 e. The van der Waals surface area contributed by atoms with E-state index in [0.29, 0.717) is 12.5 Å². The van der Waals surface area contributed by atoms with Gasteiger partial charge in [-0.2, -0.15) is 5.10 Å². The van der Waals surface area contributed by atoms with Crippen LogP contribution >= 0.6 is 24.0 Å². The highest BCUT2D eigenvalue weighted by Crippen LogP contribution is 2.26. The molecule has 1 atom stereocenters. The molecule has 1 unspecified atom stereocenters. The number of nitrogens with zero attached hydrogens (tertiary/aromatic N) is 5. The van der Waals surface area contributed by atoms with Crippen LogP contribution < -0.4 is 5.32 Å². The summed E-state index contributed by atoms with van der Waals surface area (Å²) in [5.74, 6) is 1.55. The minimum absolute atomic E-state index is 0. The second-order valence-corrected chi connectivity index (χ2v) is 7.56. The van der Waals surface area contributed by atoms with E-state index in [1.165, 1.54) is 16.7 Å². The minimum atomic E-state index is 0. The normalized spacial score (nSPS) is 17.1. The largest absolute Gasteiger partial charge is 0.357 e. The van der Waals surface area contributed by atoms with Crippen molar-refractivity contribution in [3.63, 3.8) is 0 Å². The smallest absolute Gasteiger partial charge is 0.194 e. The van der Waals surface area contributed by atoms with E-state index in [1.54, 1.807) is 0 Å². The monoisotopic (exact) mass is 496 g/mol. The van der Waals surface area contributed by atoms with Crippen molar-refractivity contribution < 1.29 is 0 Å². The first-order chi connectivity index (χ1) is 13.1. The van der Waals surface area contributed by atoms with Crippen LogP contribution in [0.15, 0.2) is 41.7 Å². The molecule has 0 radical (unpaired) electrons. The summed E-state index contributed by atoms with van der Waals surface area (Å²) in [7, 11) is 6.19. The molecule has 0 amide bonds. The zero-order chi connectivity index (χ0) is 19.2. The second kappa shape index (κ2) is 10.8. The Morgan fingerprint density at radius 1 is 1.29 bits per heavy atom. The summed E-state index contributed by atoms with van der Waals surface area (Å²) in [6, 6.07) is 8.60. The van der Waals surface area contributed by atoms with Gasteiger partial charge in [-0.1, -0.05) is 24.3 Å². The van der Waals surface area contributed by atoms with Crippen molar-refractivity contribution in [2.45, 2.75) is 32.4 Å². The zero-order valence-corrected chi connectivity index (χ0v) is 19.8. The van der Waals surface area contributed by atoms with Gasteiger partial charge < -0.3 is 15.1 Å². The van der Waals surface area contributed by atoms with E-state index in [0.717, 1.165) is 38.6 Å². The van der Waals surface area contributed by atoms with Gasteiger partial charge in [-0.15, -0.1) is 24.0 Å². The van der Waals surface area contributed by atoms with Crippen LogP contribution in [0.1, 0.15) is 36.0 Å². The quantitative estimate of drug-likeness (QED) is 0.380. The van der Waals surface area contributed by atoms with Crippen molar-refractivity contribution in [2.24, 2.45) is 12.0 Å². The third-order valence-electron chi connectivity index (χ3n) is 5.02. The average molecular weight is 496 g/mol. The van der Waals surface area contributed by atoms with Crippen molar-refractivity contribution in [3.05, 3.63) is 53.3 Å². The molecule has 0 spiro atoms. The van der Waals surface area contributed by atoms with Gasteiger partial charge in [0.15, 0.2) is 5.96 Å². The number of halogens is 1. The molecule has 0 bridgehead atoms. The number of nitrogens with one attached hydrogen (secondary N) is 1. The lowest BCUT2D eigenvalue weighted by Gasteiger charge is -2.22. The fourth-order valence-corrected chi connectivity index (χ4v) is 3.67. The van der Waals surface area contributed by atoms with Crippen molar-refractivity contribution in [1.29, 1.82) is 0 Å². The molecule has 28 heavy (non-hydrogen) atoms. The molecule has 2 heterocycles. The molecule has 1 aromatic heterocycles. The summed E-state index contributed by atoms with van der Waals surface area (Å²) >= 11 is 0. The van der Waals surface area contributed by atoms with E-state index in [4.69, 9.17) is 4.99 Å². The van der Waals surface area contributed by atoms with Crippen molar-refractivity contribution in [2.75, 3.05) is 33.7 Å². The minimum Gasteiger partial charge on any atom is -0.357 e. The third-order valence-corrected chi connectivity index (χ3v) is 5.02. The van der Waals surface area contributed by atoms with E-state index in [1.807, 2.05) is 17.9 Å². The number of rotatable bonds is 6. The average Bonchev–Trinajstić information content (AvgIpc) is 3.28. The highest BCUT2D eigenvalue weighted by molar-refractivity contribution is 14.0. The van der Waals surface area contributed by atoms with Gasteiger partial charge in [-0.05, 0) is 44.1 Å². The summed E-state index contributed by atoms with van der Waals surface area (Å²) in [5, 5.41) is 7.80. The molecule has 6 nitrogen and oxygen atoms in total. The van der Waals surface area contributed by atoms with Gasteiger partial charge in [-0.25, -0.2) is 4.99 Å². The molecule has 1 saturated heterocycles. The van der Waals surface area contributed by atoms with Crippen LogP contribution in [0.5, 0.6) is 0 Å². The fraction of sp³-hybridized carbons (Fsp3) is 0.524. The molecule has 3 rings (SSSR count). The van der Waals surface area contributed by atoms with Gasteiger partial charge in [0.1, 0.15) is 0 Å². The first-order valence-electron chi connectivity index (χ1n) is 9.80. The summed E-state index contributed by atoms with van der Waals surface area (Å²) in [4.78, 5) is 9.54. The Balaban J connectivity index is 0.00000280. The van der Waals surface area contributed by atoms with Crippen molar-refractivity contribution in [3.8, 4) is 0 Å². The number of aromatic nitrogens is 2. The Morgan fingerprint density at radius 3 is 2.68 bits per heavy atom. The van der Waals surface area contributed by atoms with E-state index in [-0.39, 0.29) is 24.0 Å². The number of aryl methyl sites for hydroxylation is 1. The third kappa shape index (κ3) is 5.94. The SMILES string of the molecule is CCNC(=NCc1ccccc1CN(C)C)N1CCC(c2cnn(C)c2)C1.I. The molecule has 2 aromatic rings. The van der Waals surface area contributed by atoms with Gasteiger partial charge in [-0.3, -0.25) is 4.68 Å². The van der Waals surface area contributed by atoms with Crippen LogP contribution in [0.25, 0.3) is 0 Å². The lowest BCUT2D eigenvalue weighted by molar-refractivity contribution is 0.401. The maximum atomic E-state index is 4.96. The number of hydrogen-bond acceptors (Lipinski definition) is 3. The molecular formula is C21H33IN6. The molecule has 154 valence electrons. The molecule has 0 aliphatic carbocycles. The van der Waals surface area contributed by atoms with Crippen molar-refractivity contribution in [1.82, 2.24) is 24.9 Å². The number of hydrogen-bond donors (Lipinski definition) is 1. The van der Waals surface area contributed by atoms with E-state index >= 15 is 0 Å². The molecule has 1 N–H and O–H groups in total. The standard InChI is InChI=1S/C21H32N6.HI/c1-5-22-21(23-12-17-8-6-7-9-18(17)14-25(2)3)27-11-10-19(16-27)20-13-24-26(4)15-20;/h6-9,13,15,19H,5,10-12,14,16H2,1-4H3,(H,22,23);1H. The summed E-state index contributed by atoms with van der Waals surface area (Å²) in [6.45, 7) is 6.69. The van der Waals surface area contributed by atoms with Gasteiger partial charge >= 0.3 is 0 Å². The summed E-state index contributed by atoms with van der Waals surface area (Å²) in [6.07, 6.45) is 5.28. The second-order valence-electron chi connectivity index (χ2n) is 7.56. The first-order valence-corrected chi connectivity index (χ1v) is 9.80. The van der Waals surface area contributed by atoms with Crippen molar-refractivity contribution >= 4 is 29.9 Å². The molecule has 0 saturated carbocycles. The molecule has 7 heteroatoms. The predicted molar refractivity (Wildman–Crippen MR) is 126 cm³/mol. The van der Waals surface area contributed by atoms with E-state index < -0.39 is 0 Å². The fourth-order valence-electron chi connectivity index (χ4n) is 3.67. The Hall–Kier alpha value is -1.61. The molecule has 1 aromatic carbocycles. The molecule has 1 fully saturated rings. The van der Waals surface area contributed by atoms with Crippen LogP contribution in [0.4, 0.5) is 0 Å². The van der Waals surface area contributed by atoms with Gasteiger partial charge in [0.05, 0.1) is 12.7 Å². The summed E-state index contributed by atoms with van der Waals surface area (Å²) in [5.41, 5.74) is 3.97. The number of likely N-dealkylation sites (tertiary alicyclic amines) is 1. The van der Waals surface area contributed by atoms with Crippen LogP contribution in [0.3, 0.4) is 0 Å². The highest BCUT2D eigenvalue weighted by atomic mass is 127. The maximum absolute atomic E-state index is 4.96. The summed E-state index contributed by atoms with van der Waals surface area (Å²) < 4.78 is 1.89. The topological polar surface area (TPSA) is 48.7 Å². The van der Waals surface area contributed by atoms with Crippen LogP contribution in [-0.4, -0.2) is 59.3 Å². The Bertz CT molecular complexity index is 770. The van der Waals surface area contributed by atoms with Gasteiger partial charge in [0.2, 0.25) is 0 Å². The van der Waals surface area contributed by atoms with Crippen LogP contribution in [0, 0.1) is 0 Å². The number of aliphatic imine (C=N–C) groups is 1. The van der Waals surface area contributed by atoms with Crippen LogP contribution in [-0.2, 0) is 20.1 Å². The highest BCUT2D eigenvalue weighted by Gasteiger charge is 2.26. The van der Waals surface area contributed by atoms with Gasteiger partial charge in [0.25, 0.3) is 0 Å².